The molecule has 0 aromatic heterocycles. The Morgan fingerprint density at radius 3 is 2.90 bits per heavy atom. The summed E-state index contributed by atoms with van der Waals surface area (Å²) in [5.41, 5.74) is 0.478. The van der Waals surface area contributed by atoms with Gasteiger partial charge in [-0.05, 0) is 18.2 Å². The number of hydrogen-bond donors (Lipinski definition) is 2. The second kappa shape index (κ2) is 7.40. The number of carbonyl (C=O) groups excluding carboxylic acids is 1. The van der Waals surface area contributed by atoms with Crippen LogP contribution in [0.15, 0.2) is 24.3 Å². The monoisotopic (exact) mass is 312 g/mol. The predicted octanol–water partition coefficient (Wildman–Crippen LogP) is 1.14. The number of nitrogens with zero attached hydrogens (tertiary/aromatic N) is 1. The van der Waals surface area contributed by atoms with Crippen LogP contribution >= 0.6 is 11.6 Å². The minimum atomic E-state index is -1.07. The van der Waals surface area contributed by atoms with Crippen molar-refractivity contribution in [3.8, 4) is 0 Å². The zero-order chi connectivity index (χ0) is 15.2. The van der Waals surface area contributed by atoms with Crippen molar-refractivity contribution in [1.82, 2.24) is 5.32 Å². The van der Waals surface area contributed by atoms with Gasteiger partial charge in [-0.2, -0.15) is 0 Å². The summed E-state index contributed by atoms with van der Waals surface area (Å²) in [4.78, 5) is 24.6. The zero-order valence-electron chi connectivity index (χ0n) is 11.4. The first-order chi connectivity index (χ1) is 10.1. The van der Waals surface area contributed by atoms with Gasteiger partial charge in [0.25, 0.3) is 0 Å². The molecule has 2 rings (SSSR count). The number of benzene rings is 1. The molecule has 1 aliphatic rings. The van der Waals surface area contributed by atoms with Gasteiger partial charge in [-0.25, -0.2) is 0 Å². The molecule has 1 unspecified atom stereocenters. The second-order valence-electron chi connectivity index (χ2n) is 4.78. The van der Waals surface area contributed by atoms with E-state index in [2.05, 4.69) is 5.32 Å². The Morgan fingerprint density at radius 1 is 1.48 bits per heavy atom. The quantitative estimate of drug-likeness (QED) is 0.852. The molecule has 1 atom stereocenters. The number of carbonyl (C=O) groups is 2. The summed E-state index contributed by atoms with van der Waals surface area (Å²) in [6, 6.07) is 6.50. The van der Waals surface area contributed by atoms with E-state index in [4.69, 9.17) is 21.4 Å². The fraction of sp³-hybridized carbons (Fsp3) is 0.429. The Balaban J connectivity index is 2.11. The Bertz CT molecular complexity index is 517. The van der Waals surface area contributed by atoms with Crippen molar-refractivity contribution in [2.45, 2.75) is 12.5 Å². The molecule has 0 spiro atoms. The van der Waals surface area contributed by atoms with Crippen LogP contribution in [0.4, 0.5) is 5.69 Å². The number of carboxylic acids is 1. The fourth-order valence-corrected chi connectivity index (χ4v) is 2.36. The number of rotatable bonds is 5. The Hall–Kier alpha value is -1.63. The molecule has 0 saturated carbocycles. The first-order valence-corrected chi connectivity index (χ1v) is 7.03. The lowest BCUT2D eigenvalue weighted by Crippen LogP contribution is -2.46. The number of carboxylic acid groups (broad SMARTS) is 1. The van der Waals surface area contributed by atoms with Gasteiger partial charge in [0, 0.05) is 29.7 Å². The van der Waals surface area contributed by atoms with E-state index in [0.717, 1.165) is 0 Å². The maximum absolute atomic E-state index is 12.4. The molecule has 1 aliphatic heterocycles. The summed E-state index contributed by atoms with van der Waals surface area (Å²) in [5, 5.41) is 12.6. The molecule has 0 aliphatic carbocycles. The van der Waals surface area contributed by atoms with Crippen molar-refractivity contribution in [2.75, 3.05) is 31.2 Å². The van der Waals surface area contributed by atoms with Crippen LogP contribution in [0.5, 0.6) is 0 Å². The van der Waals surface area contributed by atoms with E-state index in [9.17, 15) is 9.59 Å². The number of amides is 1. The number of anilines is 1. The average molecular weight is 313 g/mol. The standard InChI is InChI=1S/C14H17ClN2O4/c15-10-2-1-3-12(6-10)17(8-14(19)20)13(18)7-11-9-21-5-4-16-11/h1-3,6,11,16H,4-5,7-9H2,(H,19,20). The minimum absolute atomic E-state index is 0.0956. The molecule has 6 nitrogen and oxygen atoms in total. The number of nitrogens with one attached hydrogen (secondary N) is 1. The largest absolute Gasteiger partial charge is 0.480 e. The SMILES string of the molecule is O=C(O)CN(C(=O)CC1COCCN1)c1cccc(Cl)c1. The van der Waals surface area contributed by atoms with Gasteiger partial charge in [0.2, 0.25) is 5.91 Å². The van der Waals surface area contributed by atoms with E-state index in [1.807, 2.05) is 0 Å². The number of halogens is 1. The van der Waals surface area contributed by atoms with Gasteiger partial charge in [0.1, 0.15) is 6.54 Å². The highest BCUT2D eigenvalue weighted by Gasteiger charge is 2.24. The van der Waals surface area contributed by atoms with Crippen molar-refractivity contribution in [3.63, 3.8) is 0 Å². The van der Waals surface area contributed by atoms with Crippen LogP contribution in [-0.2, 0) is 14.3 Å². The third-order valence-electron chi connectivity index (χ3n) is 3.13. The van der Waals surface area contributed by atoms with Crippen molar-refractivity contribution < 1.29 is 19.4 Å². The van der Waals surface area contributed by atoms with E-state index in [1.54, 1.807) is 24.3 Å². The van der Waals surface area contributed by atoms with Crippen LogP contribution in [0.3, 0.4) is 0 Å². The minimum Gasteiger partial charge on any atom is -0.480 e. The summed E-state index contributed by atoms with van der Waals surface area (Å²) in [6.07, 6.45) is 0.180. The Kier molecular flexibility index (Phi) is 5.55. The van der Waals surface area contributed by atoms with E-state index < -0.39 is 12.5 Å². The van der Waals surface area contributed by atoms with Crippen LogP contribution in [0.25, 0.3) is 0 Å². The molecule has 21 heavy (non-hydrogen) atoms. The first-order valence-electron chi connectivity index (χ1n) is 6.65. The highest BCUT2D eigenvalue weighted by Crippen LogP contribution is 2.20. The van der Waals surface area contributed by atoms with E-state index in [1.165, 1.54) is 4.90 Å². The van der Waals surface area contributed by atoms with Gasteiger partial charge >= 0.3 is 5.97 Å². The third kappa shape index (κ3) is 4.70. The maximum atomic E-state index is 12.4. The van der Waals surface area contributed by atoms with Gasteiger partial charge in [-0.15, -0.1) is 0 Å². The first kappa shape index (κ1) is 15.8. The third-order valence-corrected chi connectivity index (χ3v) is 3.37. The van der Waals surface area contributed by atoms with E-state index >= 15 is 0 Å². The molecule has 7 heteroatoms. The molecule has 1 saturated heterocycles. The van der Waals surface area contributed by atoms with Crippen LogP contribution < -0.4 is 10.2 Å². The van der Waals surface area contributed by atoms with E-state index in [-0.39, 0.29) is 18.4 Å². The smallest absolute Gasteiger partial charge is 0.323 e. The second-order valence-corrected chi connectivity index (χ2v) is 5.22. The highest BCUT2D eigenvalue weighted by molar-refractivity contribution is 6.30. The lowest BCUT2D eigenvalue weighted by atomic mass is 10.1. The molecular weight excluding hydrogens is 296 g/mol. The molecule has 0 radical (unpaired) electrons. The van der Waals surface area contributed by atoms with Crippen molar-refractivity contribution in [1.29, 1.82) is 0 Å². The normalized spacial score (nSPS) is 18.2. The molecular formula is C14H17ClN2O4. The average Bonchev–Trinajstić information content (AvgIpc) is 2.45. The van der Waals surface area contributed by atoms with Gasteiger partial charge in [-0.3, -0.25) is 9.59 Å². The summed E-state index contributed by atoms with van der Waals surface area (Å²) in [6.45, 7) is 1.36. The highest BCUT2D eigenvalue weighted by atomic mass is 35.5. The van der Waals surface area contributed by atoms with Crippen molar-refractivity contribution in [3.05, 3.63) is 29.3 Å². The molecule has 1 aromatic carbocycles. The van der Waals surface area contributed by atoms with Gasteiger partial charge in [0.15, 0.2) is 0 Å². The van der Waals surface area contributed by atoms with E-state index in [0.29, 0.717) is 30.5 Å². The number of morpholine rings is 1. The van der Waals surface area contributed by atoms with Crippen LogP contribution in [0.1, 0.15) is 6.42 Å². The van der Waals surface area contributed by atoms with Gasteiger partial charge in [0.05, 0.1) is 13.2 Å². The number of hydrogen-bond acceptors (Lipinski definition) is 4. The summed E-state index contributed by atoms with van der Waals surface area (Å²) in [7, 11) is 0. The van der Waals surface area contributed by atoms with Crippen molar-refractivity contribution in [2.24, 2.45) is 0 Å². The van der Waals surface area contributed by atoms with Gasteiger partial charge in [-0.1, -0.05) is 17.7 Å². The van der Waals surface area contributed by atoms with Crippen molar-refractivity contribution >= 4 is 29.2 Å². The fourth-order valence-electron chi connectivity index (χ4n) is 2.17. The zero-order valence-corrected chi connectivity index (χ0v) is 12.2. The topological polar surface area (TPSA) is 78.9 Å². The molecule has 2 N–H and O–H groups in total. The van der Waals surface area contributed by atoms with Crippen LogP contribution in [0.2, 0.25) is 5.02 Å². The summed E-state index contributed by atoms with van der Waals surface area (Å²) < 4.78 is 5.30. The Labute approximate surface area is 127 Å². The number of aliphatic carboxylic acids is 1. The maximum Gasteiger partial charge on any atom is 0.323 e. The van der Waals surface area contributed by atoms with Crippen LogP contribution in [-0.4, -0.2) is 49.3 Å². The molecule has 114 valence electrons. The molecule has 0 bridgehead atoms. The lowest BCUT2D eigenvalue weighted by Gasteiger charge is -2.27. The Morgan fingerprint density at radius 2 is 2.29 bits per heavy atom. The van der Waals surface area contributed by atoms with Crippen LogP contribution in [0, 0.1) is 0 Å². The molecule has 1 aromatic rings. The predicted molar refractivity (Wildman–Crippen MR) is 78.7 cm³/mol. The molecule has 1 heterocycles. The molecule has 1 fully saturated rings. The lowest BCUT2D eigenvalue weighted by molar-refractivity contribution is -0.136. The molecule has 1 amide bonds. The number of ether oxygens (including phenoxy) is 1. The summed E-state index contributed by atoms with van der Waals surface area (Å²) >= 11 is 5.90. The van der Waals surface area contributed by atoms with Gasteiger partial charge < -0.3 is 20.1 Å². The summed E-state index contributed by atoms with van der Waals surface area (Å²) in [5.74, 6) is -1.35.